The van der Waals surface area contributed by atoms with Crippen LogP contribution in [-0.4, -0.2) is 9.13 Å². The third-order valence-electron chi connectivity index (χ3n) is 24.5. The van der Waals surface area contributed by atoms with Crippen LogP contribution in [0.25, 0.3) is 134 Å². The summed E-state index contributed by atoms with van der Waals surface area (Å²) >= 11 is 0. The van der Waals surface area contributed by atoms with E-state index in [1.54, 1.807) is 43.3 Å². The number of aryl methyl sites for hydroxylation is 2. The van der Waals surface area contributed by atoms with E-state index in [2.05, 4.69) is 301 Å². The predicted molar refractivity (Wildman–Crippen MR) is 488 cm³/mol. The lowest BCUT2D eigenvalue weighted by Gasteiger charge is -2.28. The van der Waals surface area contributed by atoms with Crippen LogP contribution in [-0.2, 0) is 29.9 Å². The van der Waals surface area contributed by atoms with Gasteiger partial charge in [-0.15, -0.1) is 0 Å². The van der Waals surface area contributed by atoms with Crippen LogP contribution in [0.3, 0.4) is 0 Å². The van der Waals surface area contributed by atoms with Gasteiger partial charge < -0.3 is 18.9 Å². The minimum atomic E-state index is -2.04. The summed E-state index contributed by atoms with van der Waals surface area (Å²) in [6.45, 7) is 9.84. The van der Waals surface area contributed by atoms with Gasteiger partial charge in [0.2, 0.25) is 0 Å². The highest BCUT2D eigenvalue weighted by Crippen LogP contribution is 2.54. The summed E-state index contributed by atoms with van der Waals surface area (Å²) in [5.74, 6) is -1.27. The van der Waals surface area contributed by atoms with Crippen LogP contribution in [0.4, 0.5) is 34.1 Å². The number of para-hydroxylation sites is 2. The molecule has 2 heterocycles. The van der Waals surface area contributed by atoms with Gasteiger partial charge in [0, 0.05) is 87.5 Å². The maximum absolute atomic E-state index is 8.65. The molecule has 2 aromatic heterocycles. The van der Waals surface area contributed by atoms with Crippen molar-refractivity contribution in [3.63, 3.8) is 0 Å². The Kier molecular flexibility index (Phi) is 13.4. The molecule has 0 N–H and O–H groups in total. The fourth-order valence-electron chi connectivity index (χ4n) is 18.4. The molecule has 4 nitrogen and oxygen atoms in total. The average molecular weight is 1490 g/mol. The fourth-order valence-corrected chi connectivity index (χ4v) is 18.4. The van der Waals surface area contributed by atoms with E-state index in [0.29, 0.717) is 27.8 Å². The van der Waals surface area contributed by atoms with Gasteiger partial charge in [0.15, 0.2) is 0 Å². The van der Waals surface area contributed by atoms with E-state index >= 15 is 0 Å². The lowest BCUT2D eigenvalue weighted by Crippen LogP contribution is -2.16. The molecule has 0 saturated heterocycles. The molecular formula is C111H86N4. The first-order valence-electron chi connectivity index (χ1n) is 45.8. The molecule has 0 amide bonds. The van der Waals surface area contributed by atoms with Crippen LogP contribution >= 0.6 is 0 Å². The third kappa shape index (κ3) is 11.6. The monoisotopic (exact) mass is 1490 g/mol. The minimum Gasteiger partial charge on any atom is -0.310 e. The zero-order valence-electron chi connectivity index (χ0n) is 77.3. The summed E-state index contributed by atoms with van der Waals surface area (Å²) < 4.78 is 110. The largest absolute Gasteiger partial charge is 0.310 e. The molecule has 4 heteroatoms. The van der Waals surface area contributed by atoms with Crippen molar-refractivity contribution in [2.75, 3.05) is 9.80 Å². The van der Waals surface area contributed by atoms with E-state index in [1.165, 1.54) is 44.5 Å². The maximum Gasteiger partial charge on any atom is 0.0623 e. The molecule has 0 spiro atoms. The van der Waals surface area contributed by atoms with Crippen molar-refractivity contribution in [1.82, 2.24) is 9.13 Å². The first kappa shape index (κ1) is 56.4. The van der Waals surface area contributed by atoms with Gasteiger partial charge in [-0.3, -0.25) is 0 Å². The number of fused-ring (bicyclic) bond motifs is 14. The maximum atomic E-state index is 8.65. The highest BCUT2D eigenvalue weighted by molar-refractivity contribution is 6.12. The number of hydrogen-bond donors (Lipinski definition) is 0. The summed E-state index contributed by atoms with van der Waals surface area (Å²) in [5, 5.41) is 4.47. The Balaban J connectivity index is 0.000000156. The number of anilines is 6. The van der Waals surface area contributed by atoms with E-state index in [-0.39, 0.29) is 22.9 Å². The Morgan fingerprint density at radius 1 is 0.330 bits per heavy atom. The number of hydrogen-bond acceptors (Lipinski definition) is 2. The van der Waals surface area contributed by atoms with Crippen LogP contribution < -0.4 is 9.80 Å². The standard InChI is InChI=1S/C56H44N2.C55H42N2/c1-5-37-14-16-38(17-15-37)39-18-23-43(24-19-39)57(46-28-30-49-48-10-6-8-12-52(48)56(3,4)53(49)35-46)44-25-20-40(21-26-44)41-22-31-55-51(34-41)50-11-7-9-13-54(50)58(55)45-27-29-47-36(2)32-42(47)33-45;1-4-36-13-24-45(25-14-36)57-53-12-8-6-10-49(53)50-34-42(23-32-54(50)57)39-21-28-44(29-22-39)56(43-26-19-38(20-27-43)41-18-16-37-15-17-40(37)33-41)46-30-31-48-47-9-5-7-11-51(47)55(2,3)52(48)35-46/h5-31,33-36H,1,32H2,2-4H3;4-14,16,18-35H,1,15,17H2,2-3H3/i1D2,5D,32D2,36D;1D2,4D,15D2,17D2. The molecule has 0 saturated carbocycles. The molecule has 0 radical (unpaired) electrons. The summed E-state index contributed by atoms with van der Waals surface area (Å²) in [5.41, 5.74) is 33.4. The molecule has 0 bridgehead atoms. The van der Waals surface area contributed by atoms with Crippen LogP contribution in [0.1, 0.15) is 114 Å². The lowest BCUT2D eigenvalue weighted by molar-refractivity contribution is 0.660. The second-order valence-corrected chi connectivity index (χ2v) is 31.7. The molecule has 0 fully saturated rings. The molecule has 115 heavy (non-hydrogen) atoms. The van der Waals surface area contributed by atoms with Gasteiger partial charge in [0.05, 0.1) is 30.3 Å². The van der Waals surface area contributed by atoms with Crippen LogP contribution in [0.5, 0.6) is 0 Å². The van der Waals surface area contributed by atoms with Crippen molar-refractivity contribution in [2.45, 2.75) is 70.5 Å². The molecule has 4 aliphatic rings. The third-order valence-corrected chi connectivity index (χ3v) is 24.5. The summed E-state index contributed by atoms with van der Waals surface area (Å²) in [6, 6.07) is 121. The van der Waals surface area contributed by atoms with Crippen LogP contribution in [0.2, 0.25) is 0 Å². The average Bonchev–Trinajstić information content (AvgIpc) is 1.15. The van der Waals surface area contributed by atoms with Crippen molar-refractivity contribution in [1.29, 1.82) is 0 Å². The fraction of sp³-hybridized carbons (Fsp3) is 0.0991. The SMILES string of the molecule is [2H]C([2H])=C([2H])c1ccc(-c2ccc(N(c3ccc(-c4ccc5c(c4)c4ccccc4n5-c4ccc5c(c4)C([2H])([2H])C5([2H])C)cc3)c3ccc4c(c3)C(C)(C)c3ccccc3-4)cc2)cc1.[2H]C([2H])=C([2H])c1ccc(-n2c3ccccc3c3cc(-c4ccc(N(c5ccc(-c6ccc7c(c6)C([2H])([2H])C7([2H])[2H])cc5)c5ccc6c(c5)C(C)(C)c5ccccc5-6)cc4)ccc32)cc1. The Bertz CT molecular complexity index is 7660. The molecule has 550 valence electrons. The zero-order chi connectivity index (χ0) is 88.6. The van der Waals surface area contributed by atoms with Crippen molar-refractivity contribution >= 4 is 89.8 Å². The Morgan fingerprint density at radius 3 is 1.18 bits per heavy atom. The lowest BCUT2D eigenvalue weighted by atomic mass is 9.79. The summed E-state index contributed by atoms with van der Waals surface area (Å²) in [6.07, 6.45) is -5.77. The summed E-state index contributed by atoms with van der Waals surface area (Å²) in [4.78, 5) is 4.60. The number of benzene rings is 16. The Labute approximate surface area is 692 Å². The minimum absolute atomic E-state index is 0.0976. The Morgan fingerprint density at radius 2 is 0.696 bits per heavy atom. The van der Waals surface area contributed by atoms with E-state index in [0.717, 1.165) is 139 Å². The number of nitrogens with zero attached hydrogens (tertiary/aromatic N) is 4. The summed E-state index contributed by atoms with van der Waals surface area (Å²) in [7, 11) is 0. The van der Waals surface area contributed by atoms with Crippen LogP contribution in [0.15, 0.2) is 365 Å². The first-order valence-corrected chi connectivity index (χ1v) is 39.3. The molecule has 0 aliphatic heterocycles. The van der Waals surface area contributed by atoms with Crippen molar-refractivity contribution in [3.8, 4) is 78.1 Å². The zero-order valence-corrected chi connectivity index (χ0v) is 64.3. The van der Waals surface area contributed by atoms with Crippen molar-refractivity contribution in [2.24, 2.45) is 0 Å². The predicted octanol–water partition coefficient (Wildman–Crippen LogP) is 29.8. The highest BCUT2D eigenvalue weighted by Gasteiger charge is 2.38. The van der Waals surface area contributed by atoms with Gasteiger partial charge in [0.1, 0.15) is 0 Å². The molecule has 22 rings (SSSR count). The number of aromatic nitrogens is 2. The Hall–Kier alpha value is -13.8. The smallest absolute Gasteiger partial charge is 0.0623 e. The van der Waals surface area contributed by atoms with Gasteiger partial charge in [-0.1, -0.05) is 278 Å². The van der Waals surface area contributed by atoms with E-state index in [9.17, 15) is 0 Å². The molecule has 16 aromatic carbocycles. The van der Waals surface area contributed by atoms with Crippen molar-refractivity contribution in [3.05, 3.63) is 421 Å². The molecule has 1 atom stereocenters. The van der Waals surface area contributed by atoms with Gasteiger partial charge in [0.25, 0.3) is 0 Å². The van der Waals surface area contributed by atoms with E-state index in [1.807, 2.05) is 60.7 Å². The van der Waals surface area contributed by atoms with Gasteiger partial charge in [-0.2, -0.15) is 0 Å². The normalized spacial score (nSPS) is 17.7. The number of rotatable bonds is 14. The molecular weight excluding hydrogens is 1390 g/mol. The topological polar surface area (TPSA) is 16.3 Å². The van der Waals surface area contributed by atoms with E-state index < -0.39 is 38.1 Å². The van der Waals surface area contributed by atoms with E-state index in [4.69, 9.17) is 17.8 Å². The quantitative estimate of drug-likeness (QED) is 0.108. The first-order chi connectivity index (χ1) is 61.5. The van der Waals surface area contributed by atoms with Crippen molar-refractivity contribution < 1.29 is 17.8 Å². The second kappa shape index (κ2) is 27.3. The van der Waals surface area contributed by atoms with Gasteiger partial charge >= 0.3 is 0 Å². The second-order valence-electron chi connectivity index (χ2n) is 31.7. The molecule has 4 aliphatic carbocycles. The highest BCUT2D eigenvalue weighted by atomic mass is 15.1. The van der Waals surface area contributed by atoms with Crippen LogP contribution in [0, 0.1) is 0 Å². The van der Waals surface area contributed by atoms with Gasteiger partial charge in [-0.05, 0) is 281 Å². The van der Waals surface area contributed by atoms with Gasteiger partial charge in [-0.25, -0.2) is 0 Å². The molecule has 18 aromatic rings. The molecule has 1 unspecified atom stereocenters.